The average Bonchev–Trinajstić information content (AvgIpc) is 2.25. The number of aryl methyl sites for hydroxylation is 1. The number of carbonyl (C=O) groups is 1. The molecule has 0 unspecified atom stereocenters. The number of nitrogens with one attached hydrogen (secondary N) is 1. The number of rotatable bonds is 4. The van der Waals surface area contributed by atoms with Gasteiger partial charge in [0.1, 0.15) is 5.69 Å². The molecule has 0 spiro atoms. The van der Waals surface area contributed by atoms with E-state index in [-0.39, 0.29) is 24.5 Å². The van der Waals surface area contributed by atoms with Crippen LogP contribution in [0.1, 0.15) is 30.0 Å². The van der Waals surface area contributed by atoms with Crippen LogP contribution in [0.3, 0.4) is 0 Å². The highest BCUT2D eigenvalue weighted by Gasteiger charge is 2.16. The summed E-state index contributed by atoms with van der Waals surface area (Å²) in [6.07, 6.45) is 0. The lowest BCUT2D eigenvalue weighted by Gasteiger charge is -2.19. The van der Waals surface area contributed by atoms with Crippen LogP contribution in [-0.2, 0) is 0 Å². The van der Waals surface area contributed by atoms with Gasteiger partial charge in [-0.3, -0.25) is 4.79 Å². The van der Waals surface area contributed by atoms with Crippen LogP contribution in [0.4, 0.5) is 0 Å². The molecule has 0 bridgehead atoms. The summed E-state index contributed by atoms with van der Waals surface area (Å²) in [6, 6.07) is 5.07. The Labute approximate surface area is 95.7 Å². The number of aromatic nitrogens is 1. The number of aliphatic hydroxyl groups excluding tert-OH is 1. The number of hydrogen-bond acceptors (Lipinski definition) is 3. The van der Waals surface area contributed by atoms with Crippen LogP contribution in [-0.4, -0.2) is 28.6 Å². The average molecular weight is 222 g/mol. The molecule has 1 heterocycles. The molecule has 0 aliphatic heterocycles. The van der Waals surface area contributed by atoms with Crippen molar-refractivity contribution >= 4 is 5.91 Å². The molecule has 0 radical (unpaired) electrons. The van der Waals surface area contributed by atoms with Crippen LogP contribution in [0.25, 0.3) is 0 Å². The predicted octanol–water partition coefficient (Wildman–Crippen LogP) is 1.14. The van der Waals surface area contributed by atoms with Crippen LogP contribution in [0.5, 0.6) is 0 Å². The van der Waals surface area contributed by atoms with Crippen molar-refractivity contribution in [3.8, 4) is 0 Å². The molecule has 0 aromatic carbocycles. The number of carbonyl (C=O) groups excluding carboxylic acids is 1. The smallest absolute Gasteiger partial charge is 0.270 e. The van der Waals surface area contributed by atoms with Crippen molar-refractivity contribution in [2.45, 2.75) is 26.8 Å². The van der Waals surface area contributed by atoms with Crippen LogP contribution in [0.2, 0.25) is 0 Å². The molecule has 0 aliphatic rings. The first-order valence-electron chi connectivity index (χ1n) is 5.40. The van der Waals surface area contributed by atoms with Crippen molar-refractivity contribution in [3.05, 3.63) is 29.6 Å². The molecule has 1 rings (SSSR count). The van der Waals surface area contributed by atoms with Crippen molar-refractivity contribution in [1.82, 2.24) is 10.3 Å². The van der Waals surface area contributed by atoms with Gasteiger partial charge in [-0.05, 0) is 25.0 Å². The molecule has 1 aromatic rings. The quantitative estimate of drug-likeness (QED) is 0.803. The third-order valence-electron chi connectivity index (χ3n) is 2.44. The number of amides is 1. The lowest BCUT2D eigenvalue weighted by Crippen LogP contribution is -2.41. The molecule has 16 heavy (non-hydrogen) atoms. The van der Waals surface area contributed by atoms with Crippen molar-refractivity contribution in [2.24, 2.45) is 5.92 Å². The highest BCUT2D eigenvalue weighted by atomic mass is 16.3. The van der Waals surface area contributed by atoms with Gasteiger partial charge in [-0.1, -0.05) is 19.9 Å². The Hall–Kier alpha value is -1.42. The minimum absolute atomic E-state index is 0.0603. The molecule has 2 N–H and O–H groups in total. The van der Waals surface area contributed by atoms with Gasteiger partial charge in [-0.25, -0.2) is 4.98 Å². The Morgan fingerprint density at radius 1 is 1.50 bits per heavy atom. The Morgan fingerprint density at radius 3 is 2.69 bits per heavy atom. The fraction of sp³-hybridized carbons (Fsp3) is 0.500. The van der Waals surface area contributed by atoms with E-state index < -0.39 is 0 Å². The van der Waals surface area contributed by atoms with E-state index in [1.807, 2.05) is 26.8 Å². The standard InChI is InChI=1S/C12H18N2O2/c1-8(2)11(7-15)14-12(16)10-6-4-5-9(3)13-10/h4-6,8,11,15H,7H2,1-3H3,(H,14,16)/t11-/m1/s1. The first-order chi connectivity index (χ1) is 7.54. The third-order valence-corrected chi connectivity index (χ3v) is 2.44. The van der Waals surface area contributed by atoms with Crippen molar-refractivity contribution in [3.63, 3.8) is 0 Å². The highest BCUT2D eigenvalue weighted by molar-refractivity contribution is 5.92. The summed E-state index contributed by atoms with van der Waals surface area (Å²) < 4.78 is 0. The van der Waals surface area contributed by atoms with E-state index in [9.17, 15) is 4.79 Å². The van der Waals surface area contributed by atoms with Gasteiger partial charge in [0, 0.05) is 5.69 Å². The van der Waals surface area contributed by atoms with E-state index in [4.69, 9.17) is 5.11 Å². The van der Waals surface area contributed by atoms with Gasteiger partial charge in [0.2, 0.25) is 0 Å². The topological polar surface area (TPSA) is 62.2 Å². The summed E-state index contributed by atoms with van der Waals surface area (Å²) in [5.74, 6) is -0.0461. The second-order valence-corrected chi connectivity index (χ2v) is 4.17. The molecule has 1 aromatic heterocycles. The van der Waals surface area contributed by atoms with E-state index in [0.29, 0.717) is 5.69 Å². The van der Waals surface area contributed by atoms with Gasteiger partial charge >= 0.3 is 0 Å². The van der Waals surface area contributed by atoms with Gasteiger partial charge < -0.3 is 10.4 Å². The maximum absolute atomic E-state index is 11.8. The maximum atomic E-state index is 11.8. The van der Waals surface area contributed by atoms with E-state index in [0.717, 1.165) is 5.69 Å². The largest absolute Gasteiger partial charge is 0.394 e. The zero-order valence-corrected chi connectivity index (χ0v) is 9.90. The maximum Gasteiger partial charge on any atom is 0.270 e. The molecule has 0 saturated carbocycles. The summed E-state index contributed by atoms with van der Waals surface area (Å²) in [5.41, 5.74) is 1.19. The van der Waals surface area contributed by atoms with E-state index in [1.165, 1.54) is 0 Å². The van der Waals surface area contributed by atoms with Gasteiger partial charge in [-0.2, -0.15) is 0 Å². The molecule has 1 atom stereocenters. The molecule has 0 saturated heterocycles. The predicted molar refractivity (Wildman–Crippen MR) is 62.2 cm³/mol. The molecule has 88 valence electrons. The molecule has 4 nitrogen and oxygen atoms in total. The van der Waals surface area contributed by atoms with Crippen LogP contribution >= 0.6 is 0 Å². The number of hydrogen-bond donors (Lipinski definition) is 2. The SMILES string of the molecule is Cc1cccc(C(=O)N[C@H](CO)C(C)C)n1. The first kappa shape index (κ1) is 12.6. The number of pyridine rings is 1. The second-order valence-electron chi connectivity index (χ2n) is 4.17. The van der Waals surface area contributed by atoms with Crippen molar-refractivity contribution < 1.29 is 9.90 Å². The number of nitrogens with zero attached hydrogens (tertiary/aromatic N) is 1. The van der Waals surface area contributed by atoms with E-state index >= 15 is 0 Å². The Morgan fingerprint density at radius 2 is 2.19 bits per heavy atom. The summed E-state index contributed by atoms with van der Waals surface area (Å²) in [6.45, 7) is 5.67. The Kier molecular flexibility index (Phi) is 4.43. The number of aliphatic hydroxyl groups is 1. The third kappa shape index (κ3) is 3.31. The van der Waals surface area contributed by atoms with Crippen LogP contribution in [0.15, 0.2) is 18.2 Å². The van der Waals surface area contributed by atoms with Crippen LogP contribution < -0.4 is 5.32 Å². The minimum atomic E-state index is -0.239. The van der Waals surface area contributed by atoms with Gasteiger partial charge in [0.25, 0.3) is 5.91 Å². The van der Waals surface area contributed by atoms with Crippen molar-refractivity contribution in [1.29, 1.82) is 0 Å². The van der Waals surface area contributed by atoms with Crippen molar-refractivity contribution in [2.75, 3.05) is 6.61 Å². The van der Waals surface area contributed by atoms with Crippen LogP contribution in [0, 0.1) is 12.8 Å². The first-order valence-corrected chi connectivity index (χ1v) is 5.40. The lowest BCUT2D eigenvalue weighted by atomic mass is 10.1. The summed E-state index contributed by atoms with van der Waals surface area (Å²) in [7, 11) is 0. The Bertz CT molecular complexity index is 364. The minimum Gasteiger partial charge on any atom is -0.394 e. The zero-order valence-electron chi connectivity index (χ0n) is 9.90. The normalized spacial score (nSPS) is 12.6. The van der Waals surface area contributed by atoms with Gasteiger partial charge in [-0.15, -0.1) is 0 Å². The zero-order chi connectivity index (χ0) is 12.1. The Balaban J connectivity index is 2.72. The lowest BCUT2D eigenvalue weighted by molar-refractivity contribution is 0.0891. The molecular formula is C12H18N2O2. The monoisotopic (exact) mass is 222 g/mol. The molecule has 1 amide bonds. The van der Waals surface area contributed by atoms with Gasteiger partial charge in [0.15, 0.2) is 0 Å². The van der Waals surface area contributed by atoms with E-state index in [2.05, 4.69) is 10.3 Å². The molecule has 4 heteroatoms. The molecular weight excluding hydrogens is 204 g/mol. The fourth-order valence-electron chi connectivity index (χ4n) is 1.33. The summed E-state index contributed by atoms with van der Waals surface area (Å²) >= 11 is 0. The second kappa shape index (κ2) is 5.61. The van der Waals surface area contributed by atoms with E-state index in [1.54, 1.807) is 12.1 Å². The molecule has 0 aliphatic carbocycles. The highest BCUT2D eigenvalue weighted by Crippen LogP contribution is 2.03. The summed E-state index contributed by atoms with van der Waals surface area (Å²) in [5, 5.41) is 11.9. The van der Waals surface area contributed by atoms with Gasteiger partial charge in [0.05, 0.1) is 12.6 Å². The molecule has 0 fully saturated rings. The summed E-state index contributed by atoms with van der Waals surface area (Å²) in [4.78, 5) is 15.9. The fourth-order valence-corrected chi connectivity index (χ4v) is 1.33.